The van der Waals surface area contributed by atoms with Crippen molar-refractivity contribution in [1.82, 2.24) is 15.3 Å². The Morgan fingerprint density at radius 1 is 1.09 bits per heavy atom. The molecule has 2 aliphatic rings. The van der Waals surface area contributed by atoms with Crippen LogP contribution >= 0.6 is 0 Å². The quantitative estimate of drug-likeness (QED) is 0.899. The van der Waals surface area contributed by atoms with Crippen LogP contribution in [0.15, 0.2) is 30.3 Å². The van der Waals surface area contributed by atoms with E-state index >= 15 is 0 Å². The molecule has 1 aromatic carbocycles. The van der Waals surface area contributed by atoms with Gasteiger partial charge >= 0.3 is 0 Å². The van der Waals surface area contributed by atoms with E-state index in [1.165, 1.54) is 42.5 Å². The molecule has 0 radical (unpaired) electrons. The van der Waals surface area contributed by atoms with Gasteiger partial charge in [0.25, 0.3) is 0 Å². The molecule has 2 aromatic rings. The minimum atomic E-state index is 0.243. The summed E-state index contributed by atoms with van der Waals surface area (Å²) >= 11 is 0. The Morgan fingerprint density at radius 2 is 1.87 bits per heavy atom. The molecule has 1 atom stereocenters. The molecule has 2 N–H and O–H groups in total. The van der Waals surface area contributed by atoms with Gasteiger partial charge in [0.15, 0.2) is 0 Å². The Bertz CT molecular complexity index is 677. The van der Waals surface area contributed by atoms with Crippen LogP contribution in [0.1, 0.15) is 67.2 Å². The van der Waals surface area contributed by atoms with Gasteiger partial charge in [-0.05, 0) is 25.3 Å². The van der Waals surface area contributed by atoms with E-state index in [-0.39, 0.29) is 6.04 Å². The molecule has 1 aliphatic carbocycles. The molecule has 120 valence electrons. The van der Waals surface area contributed by atoms with Crippen molar-refractivity contribution in [3.63, 3.8) is 0 Å². The maximum Gasteiger partial charge on any atom is 0.135 e. The third-order valence-corrected chi connectivity index (χ3v) is 5.08. The van der Waals surface area contributed by atoms with Crippen molar-refractivity contribution in [1.29, 1.82) is 0 Å². The number of anilines is 1. The molecule has 2 heterocycles. The van der Waals surface area contributed by atoms with Crippen molar-refractivity contribution in [2.24, 2.45) is 0 Å². The molecular formula is C19H24N4. The topological polar surface area (TPSA) is 49.8 Å². The number of nitrogens with zero attached hydrogens (tertiary/aromatic N) is 2. The summed E-state index contributed by atoms with van der Waals surface area (Å²) in [5.74, 6) is 2.62. The lowest BCUT2D eigenvalue weighted by Gasteiger charge is -2.19. The van der Waals surface area contributed by atoms with E-state index < -0.39 is 0 Å². The van der Waals surface area contributed by atoms with Crippen molar-refractivity contribution in [3.8, 4) is 0 Å². The van der Waals surface area contributed by atoms with Crippen LogP contribution < -0.4 is 10.6 Å². The zero-order valence-electron chi connectivity index (χ0n) is 13.7. The van der Waals surface area contributed by atoms with E-state index in [1.807, 2.05) is 0 Å². The highest BCUT2D eigenvalue weighted by atomic mass is 15.1. The number of hydrogen-bond donors (Lipinski definition) is 2. The predicted molar refractivity (Wildman–Crippen MR) is 92.3 cm³/mol. The fourth-order valence-electron chi connectivity index (χ4n) is 3.70. The molecule has 0 spiro atoms. The SMILES string of the molecule is C[C@H](Nc1nc(C2CCCC2)nc2c1CNC2)c1ccccc1. The lowest BCUT2D eigenvalue weighted by Crippen LogP contribution is -2.13. The number of fused-ring (bicyclic) bond motifs is 1. The van der Waals surface area contributed by atoms with Crippen LogP contribution in [-0.4, -0.2) is 9.97 Å². The monoisotopic (exact) mass is 308 g/mol. The van der Waals surface area contributed by atoms with Crippen LogP contribution in [0.2, 0.25) is 0 Å². The third-order valence-electron chi connectivity index (χ3n) is 5.08. The van der Waals surface area contributed by atoms with Gasteiger partial charge in [0.2, 0.25) is 0 Å². The van der Waals surface area contributed by atoms with Gasteiger partial charge in [-0.3, -0.25) is 0 Å². The van der Waals surface area contributed by atoms with Crippen LogP contribution in [0.4, 0.5) is 5.82 Å². The summed E-state index contributed by atoms with van der Waals surface area (Å²) < 4.78 is 0. The molecule has 0 saturated heterocycles. The number of aromatic nitrogens is 2. The van der Waals surface area contributed by atoms with Gasteiger partial charge < -0.3 is 10.6 Å². The summed E-state index contributed by atoms with van der Waals surface area (Å²) in [6.07, 6.45) is 5.10. The van der Waals surface area contributed by atoms with Crippen LogP contribution in [0.5, 0.6) is 0 Å². The molecule has 0 bridgehead atoms. The van der Waals surface area contributed by atoms with E-state index in [4.69, 9.17) is 9.97 Å². The molecule has 0 unspecified atom stereocenters. The van der Waals surface area contributed by atoms with Crippen LogP contribution in [0.25, 0.3) is 0 Å². The van der Waals surface area contributed by atoms with Crippen molar-refractivity contribution in [3.05, 3.63) is 53.0 Å². The summed E-state index contributed by atoms with van der Waals surface area (Å²) in [6, 6.07) is 10.8. The smallest absolute Gasteiger partial charge is 0.135 e. The normalized spacial score (nSPS) is 18.8. The maximum atomic E-state index is 4.93. The predicted octanol–water partition coefficient (Wildman–Crippen LogP) is 3.91. The summed E-state index contributed by atoms with van der Waals surface area (Å²) in [5.41, 5.74) is 3.72. The largest absolute Gasteiger partial charge is 0.363 e. The van der Waals surface area contributed by atoms with Gasteiger partial charge in [0.05, 0.1) is 5.69 Å². The molecular weight excluding hydrogens is 284 g/mol. The summed E-state index contributed by atoms with van der Waals surface area (Å²) in [4.78, 5) is 9.79. The van der Waals surface area contributed by atoms with Crippen LogP contribution in [-0.2, 0) is 13.1 Å². The average molecular weight is 308 g/mol. The highest BCUT2D eigenvalue weighted by Crippen LogP contribution is 2.34. The number of hydrogen-bond acceptors (Lipinski definition) is 4. The number of rotatable bonds is 4. The lowest BCUT2D eigenvalue weighted by atomic mass is 10.1. The van der Waals surface area contributed by atoms with E-state index in [1.54, 1.807) is 0 Å². The van der Waals surface area contributed by atoms with Crippen molar-refractivity contribution in [2.45, 2.75) is 57.7 Å². The fraction of sp³-hybridized carbons (Fsp3) is 0.474. The molecule has 1 aromatic heterocycles. The first-order valence-electron chi connectivity index (χ1n) is 8.73. The second kappa shape index (κ2) is 6.28. The maximum absolute atomic E-state index is 4.93. The van der Waals surface area contributed by atoms with Crippen LogP contribution in [0, 0.1) is 0 Å². The van der Waals surface area contributed by atoms with Gasteiger partial charge in [0, 0.05) is 30.6 Å². The summed E-state index contributed by atoms with van der Waals surface area (Å²) in [6.45, 7) is 3.93. The summed E-state index contributed by atoms with van der Waals surface area (Å²) in [5, 5.41) is 7.05. The highest BCUT2D eigenvalue weighted by Gasteiger charge is 2.25. The standard InChI is InChI=1S/C19H24N4/c1-13(14-7-3-2-4-8-14)21-19-16-11-20-12-17(16)22-18(23-19)15-9-5-6-10-15/h2-4,7-8,13,15,20H,5-6,9-12H2,1H3,(H,21,22,23)/t13-/m0/s1. The Kier molecular flexibility index (Phi) is 4.00. The van der Waals surface area contributed by atoms with Crippen molar-refractivity contribution >= 4 is 5.82 Å². The summed E-state index contributed by atoms with van der Waals surface area (Å²) in [7, 11) is 0. The zero-order chi connectivity index (χ0) is 15.6. The molecule has 23 heavy (non-hydrogen) atoms. The van der Waals surface area contributed by atoms with Crippen LogP contribution in [0.3, 0.4) is 0 Å². The van der Waals surface area contributed by atoms with E-state index in [9.17, 15) is 0 Å². The Morgan fingerprint density at radius 3 is 2.65 bits per heavy atom. The Labute approximate surface area is 137 Å². The number of nitrogens with one attached hydrogen (secondary N) is 2. The molecule has 0 amide bonds. The minimum absolute atomic E-state index is 0.243. The third kappa shape index (κ3) is 2.95. The highest BCUT2D eigenvalue weighted by molar-refractivity contribution is 5.50. The van der Waals surface area contributed by atoms with E-state index in [2.05, 4.69) is 47.9 Å². The lowest BCUT2D eigenvalue weighted by molar-refractivity contribution is 0.659. The Hall–Kier alpha value is -1.94. The number of benzene rings is 1. The fourth-order valence-corrected chi connectivity index (χ4v) is 3.70. The van der Waals surface area contributed by atoms with Gasteiger partial charge in [-0.15, -0.1) is 0 Å². The first-order valence-corrected chi connectivity index (χ1v) is 8.73. The molecule has 1 aliphatic heterocycles. The zero-order valence-corrected chi connectivity index (χ0v) is 13.7. The second-order valence-electron chi connectivity index (χ2n) is 6.72. The van der Waals surface area contributed by atoms with Crippen molar-refractivity contribution in [2.75, 3.05) is 5.32 Å². The Balaban J connectivity index is 1.64. The molecule has 1 saturated carbocycles. The molecule has 1 fully saturated rings. The van der Waals surface area contributed by atoms with Gasteiger partial charge in [0.1, 0.15) is 11.6 Å². The van der Waals surface area contributed by atoms with Gasteiger partial charge in [-0.25, -0.2) is 9.97 Å². The molecule has 4 heteroatoms. The van der Waals surface area contributed by atoms with E-state index in [0.717, 1.165) is 24.7 Å². The first kappa shape index (κ1) is 14.6. The van der Waals surface area contributed by atoms with Gasteiger partial charge in [-0.2, -0.15) is 0 Å². The average Bonchev–Trinajstić information content (AvgIpc) is 3.27. The minimum Gasteiger partial charge on any atom is -0.363 e. The van der Waals surface area contributed by atoms with Crippen molar-refractivity contribution < 1.29 is 0 Å². The molecule has 4 nitrogen and oxygen atoms in total. The van der Waals surface area contributed by atoms with E-state index in [0.29, 0.717) is 5.92 Å². The first-order chi connectivity index (χ1) is 11.3. The second-order valence-corrected chi connectivity index (χ2v) is 6.72. The van der Waals surface area contributed by atoms with Gasteiger partial charge in [-0.1, -0.05) is 43.2 Å². The molecule has 4 rings (SSSR count).